The lowest BCUT2D eigenvalue weighted by Gasteiger charge is -2.20. The van der Waals surface area contributed by atoms with E-state index in [1.807, 2.05) is 20.8 Å². The summed E-state index contributed by atoms with van der Waals surface area (Å²) in [5, 5.41) is 0. The molecule has 1 amide bonds. The van der Waals surface area contributed by atoms with Crippen LogP contribution in [0.3, 0.4) is 0 Å². The summed E-state index contributed by atoms with van der Waals surface area (Å²) in [6.07, 6.45) is 0. The maximum atomic E-state index is 12.4. The number of hydrogen-bond acceptors (Lipinski definition) is 5. The van der Waals surface area contributed by atoms with Gasteiger partial charge in [-0.1, -0.05) is 0 Å². The second kappa shape index (κ2) is 9.15. The molecule has 0 heterocycles. The molecule has 2 N–H and O–H groups in total. The molecule has 0 aliphatic heterocycles. The minimum atomic E-state index is -0.129. The first kappa shape index (κ1) is 18.1. The van der Waals surface area contributed by atoms with Gasteiger partial charge in [0, 0.05) is 25.7 Å². The van der Waals surface area contributed by atoms with Gasteiger partial charge >= 0.3 is 0 Å². The van der Waals surface area contributed by atoms with Crippen molar-refractivity contribution in [2.24, 2.45) is 5.73 Å². The number of likely N-dealkylation sites (N-methyl/N-ethyl adjacent to an activating group) is 1. The third-order valence-corrected chi connectivity index (χ3v) is 2.97. The first-order valence-corrected chi connectivity index (χ1v) is 7.60. The van der Waals surface area contributed by atoms with Crippen molar-refractivity contribution >= 4 is 5.91 Å². The quantitative estimate of drug-likeness (QED) is 0.754. The van der Waals surface area contributed by atoms with Gasteiger partial charge in [0.05, 0.1) is 19.8 Å². The molecule has 1 aromatic rings. The molecule has 0 aliphatic rings. The lowest BCUT2D eigenvalue weighted by atomic mass is 10.1. The van der Waals surface area contributed by atoms with E-state index in [9.17, 15) is 4.79 Å². The van der Waals surface area contributed by atoms with Crippen LogP contribution in [-0.2, 0) is 0 Å². The highest BCUT2D eigenvalue weighted by Crippen LogP contribution is 2.39. The van der Waals surface area contributed by atoms with E-state index in [0.717, 1.165) is 0 Å². The monoisotopic (exact) mass is 310 g/mol. The molecular formula is C16H26N2O4. The normalized spacial score (nSPS) is 10.2. The average molecular weight is 310 g/mol. The molecule has 0 saturated carbocycles. The Labute approximate surface area is 132 Å². The summed E-state index contributed by atoms with van der Waals surface area (Å²) < 4.78 is 16.8. The minimum Gasteiger partial charge on any atom is -0.490 e. The molecule has 6 nitrogen and oxygen atoms in total. The molecule has 0 atom stereocenters. The zero-order chi connectivity index (χ0) is 16.5. The zero-order valence-corrected chi connectivity index (χ0v) is 13.8. The van der Waals surface area contributed by atoms with Crippen LogP contribution in [0.4, 0.5) is 0 Å². The standard InChI is InChI=1S/C16H26N2O4/c1-5-20-13-10-12(16(19)18(4)9-8-17)11-14(21-6-2)15(13)22-7-3/h10-11H,5-9,17H2,1-4H3. The van der Waals surface area contributed by atoms with Gasteiger partial charge in [-0.3, -0.25) is 4.79 Å². The topological polar surface area (TPSA) is 74.0 Å². The summed E-state index contributed by atoms with van der Waals surface area (Å²) in [5.74, 6) is 1.43. The van der Waals surface area contributed by atoms with Crippen LogP contribution in [0.1, 0.15) is 31.1 Å². The number of carbonyl (C=O) groups excluding carboxylic acids is 1. The van der Waals surface area contributed by atoms with Crippen molar-refractivity contribution in [1.29, 1.82) is 0 Å². The molecule has 6 heteroatoms. The second-order valence-corrected chi connectivity index (χ2v) is 4.62. The second-order valence-electron chi connectivity index (χ2n) is 4.62. The summed E-state index contributed by atoms with van der Waals surface area (Å²) in [6, 6.07) is 3.37. The van der Waals surface area contributed by atoms with Gasteiger partial charge in [-0.15, -0.1) is 0 Å². The summed E-state index contributed by atoms with van der Waals surface area (Å²) >= 11 is 0. The van der Waals surface area contributed by atoms with Crippen molar-refractivity contribution in [3.05, 3.63) is 17.7 Å². The van der Waals surface area contributed by atoms with Crippen LogP contribution in [0.15, 0.2) is 12.1 Å². The number of amides is 1. The summed E-state index contributed by atoms with van der Waals surface area (Å²) in [6.45, 7) is 7.98. The molecule has 0 aromatic heterocycles. The Morgan fingerprint density at radius 3 is 1.95 bits per heavy atom. The van der Waals surface area contributed by atoms with Crippen LogP contribution in [0.5, 0.6) is 17.2 Å². The molecule has 0 aliphatic carbocycles. The predicted octanol–water partition coefficient (Wildman–Crippen LogP) is 1.91. The SMILES string of the molecule is CCOc1cc(C(=O)N(C)CCN)cc(OCC)c1OCC. The van der Waals surface area contributed by atoms with Gasteiger partial charge < -0.3 is 24.8 Å². The Bertz CT molecular complexity index is 464. The molecule has 0 bridgehead atoms. The van der Waals surface area contributed by atoms with Crippen LogP contribution in [0.25, 0.3) is 0 Å². The fraction of sp³-hybridized carbons (Fsp3) is 0.562. The number of nitrogens with zero attached hydrogens (tertiary/aromatic N) is 1. The predicted molar refractivity (Wildman–Crippen MR) is 86.0 cm³/mol. The lowest BCUT2D eigenvalue weighted by molar-refractivity contribution is 0.0798. The molecule has 1 rings (SSSR count). The summed E-state index contributed by atoms with van der Waals surface area (Å²) in [4.78, 5) is 14.0. The Kier molecular flexibility index (Phi) is 7.52. The average Bonchev–Trinajstić information content (AvgIpc) is 2.50. The number of nitrogens with two attached hydrogens (primary N) is 1. The molecule has 0 saturated heterocycles. The highest BCUT2D eigenvalue weighted by molar-refractivity contribution is 5.95. The molecule has 1 aromatic carbocycles. The van der Waals surface area contributed by atoms with E-state index < -0.39 is 0 Å². The smallest absolute Gasteiger partial charge is 0.253 e. The van der Waals surface area contributed by atoms with Crippen molar-refractivity contribution in [1.82, 2.24) is 4.90 Å². The van der Waals surface area contributed by atoms with E-state index in [0.29, 0.717) is 55.7 Å². The molecule has 22 heavy (non-hydrogen) atoms. The zero-order valence-electron chi connectivity index (χ0n) is 13.8. The molecule has 124 valence electrons. The molecule has 0 fully saturated rings. The van der Waals surface area contributed by atoms with Crippen LogP contribution < -0.4 is 19.9 Å². The molecular weight excluding hydrogens is 284 g/mol. The van der Waals surface area contributed by atoms with Crippen molar-refractivity contribution in [3.8, 4) is 17.2 Å². The Balaban J connectivity index is 3.26. The molecule has 0 radical (unpaired) electrons. The van der Waals surface area contributed by atoms with Crippen LogP contribution in [-0.4, -0.2) is 50.8 Å². The molecule has 0 spiro atoms. The van der Waals surface area contributed by atoms with Crippen molar-refractivity contribution in [3.63, 3.8) is 0 Å². The van der Waals surface area contributed by atoms with Crippen molar-refractivity contribution in [2.75, 3.05) is 40.0 Å². The number of hydrogen-bond donors (Lipinski definition) is 1. The minimum absolute atomic E-state index is 0.129. The van der Waals surface area contributed by atoms with E-state index in [1.54, 1.807) is 24.1 Å². The highest BCUT2D eigenvalue weighted by atomic mass is 16.5. The number of benzene rings is 1. The van der Waals surface area contributed by atoms with Crippen molar-refractivity contribution in [2.45, 2.75) is 20.8 Å². The number of ether oxygens (including phenoxy) is 3. The van der Waals surface area contributed by atoms with Gasteiger partial charge in [-0.05, 0) is 32.9 Å². The maximum absolute atomic E-state index is 12.4. The van der Waals surface area contributed by atoms with Gasteiger partial charge in [0.1, 0.15) is 0 Å². The lowest BCUT2D eigenvalue weighted by Crippen LogP contribution is -2.31. The van der Waals surface area contributed by atoms with Crippen molar-refractivity contribution < 1.29 is 19.0 Å². The first-order chi connectivity index (χ1) is 10.6. The highest BCUT2D eigenvalue weighted by Gasteiger charge is 2.20. The van der Waals surface area contributed by atoms with Gasteiger partial charge in [-0.25, -0.2) is 0 Å². The van der Waals surface area contributed by atoms with Gasteiger partial charge in [0.2, 0.25) is 5.75 Å². The third kappa shape index (κ3) is 4.53. The van der Waals surface area contributed by atoms with Gasteiger partial charge in [0.15, 0.2) is 11.5 Å². The first-order valence-electron chi connectivity index (χ1n) is 7.60. The third-order valence-electron chi connectivity index (χ3n) is 2.97. The van der Waals surface area contributed by atoms with Crippen LogP contribution >= 0.6 is 0 Å². The van der Waals surface area contributed by atoms with Crippen LogP contribution in [0, 0.1) is 0 Å². The maximum Gasteiger partial charge on any atom is 0.253 e. The van der Waals surface area contributed by atoms with E-state index in [1.165, 1.54) is 0 Å². The van der Waals surface area contributed by atoms with Gasteiger partial charge in [0.25, 0.3) is 5.91 Å². The van der Waals surface area contributed by atoms with Gasteiger partial charge in [-0.2, -0.15) is 0 Å². The van der Waals surface area contributed by atoms with E-state index in [4.69, 9.17) is 19.9 Å². The van der Waals surface area contributed by atoms with E-state index in [2.05, 4.69) is 0 Å². The number of rotatable bonds is 9. The molecule has 0 unspecified atom stereocenters. The van der Waals surface area contributed by atoms with E-state index in [-0.39, 0.29) is 5.91 Å². The van der Waals surface area contributed by atoms with E-state index >= 15 is 0 Å². The fourth-order valence-electron chi connectivity index (χ4n) is 2.03. The Hall–Kier alpha value is -1.95. The largest absolute Gasteiger partial charge is 0.490 e. The summed E-state index contributed by atoms with van der Waals surface area (Å²) in [7, 11) is 1.71. The summed E-state index contributed by atoms with van der Waals surface area (Å²) in [5.41, 5.74) is 5.99. The Morgan fingerprint density at radius 1 is 1.05 bits per heavy atom. The van der Waals surface area contributed by atoms with Crippen LogP contribution in [0.2, 0.25) is 0 Å². The Morgan fingerprint density at radius 2 is 1.55 bits per heavy atom. The number of carbonyl (C=O) groups is 1. The fourth-order valence-corrected chi connectivity index (χ4v) is 2.03.